The standard InChI is InChI=1S/C16H10BrClN2O/c17-12-9-11(6-7-13(12)18)19-16(21)15-8-5-10-3-1-2-4-14(10)20-15/h1-9H,(H,19,21). The molecule has 0 saturated carbocycles. The van der Waals surface area contributed by atoms with Crippen molar-refractivity contribution in [2.24, 2.45) is 0 Å². The highest BCUT2D eigenvalue weighted by Crippen LogP contribution is 2.25. The van der Waals surface area contributed by atoms with Crippen molar-refractivity contribution in [3.63, 3.8) is 0 Å². The first-order valence-corrected chi connectivity index (χ1v) is 7.43. The highest BCUT2D eigenvalue weighted by Gasteiger charge is 2.09. The predicted molar refractivity (Wildman–Crippen MR) is 88.8 cm³/mol. The number of carbonyl (C=O) groups is 1. The lowest BCUT2D eigenvalue weighted by molar-refractivity contribution is 0.102. The third-order valence-electron chi connectivity index (χ3n) is 3.01. The highest BCUT2D eigenvalue weighted by molar-refractivity contribution is 9.10. The van der Waals surface area contributed by atoms with Crippen molar-refractivity contribution in [3.8, 4) is 0 Å². The van der Waals surface area contributed by atoms with Crippen molar-refractivity contribution in [2.75, 3.05) is 5.32 Å². The number of amides is 1. The number of nitrogens with one attached hydrogen (secondary N) is 1. The lowest BCUT2D eigenvalue weighted by Crippen LogP contribution is -2.13. The lowest BCUT2D eigenvalue weighted by Gasteiger charge is -2.06. The summed E-state index contributed by atoms with van der Waals surface area (Å²) < 4.78 is 0.730. The molecule has 2 aromatic carbocycles. The maximum Gasteiger partial charge on any atom is 0.274 e. The molecule has 3 rings (SSSR count). The van der Waals surface area contributed by atoms with Gasteiger partial charge < -0.3 is 5.32 Å². The maximum atomic E-state index is 12.2. The van der Waals surface area contributed by atoms with Crippen molar-refractivity contribution in [1.82, 2.24) is 4.98 Å². The fourth-order valence-electron chi connectivity index (χ4n) is 1.96. The Morgan fingerprint density at radius 3 is 2.71 bits per heavy atom. The molecule has 0 atom stereocenters. The molecule has 0 aliphatic carbocycles. The minimum absolute atomic E-state index is 0.255. The third kappa shape index (κ3) is 3.06. The number of benzene rings is 2. The number of aromatic nitrogens is 1. The normalized spacial score (nSPS) is 10.6. The molecule has 0 bridgehead atoms. The van der Waals surface area contributed by atoms with E-state index >= 15 is 0 Å². The van der Waals surface area contributed by atoms with Gasteiger partial charge in [-0.15, -0.1) is 0 Å². The molecule has 0 saturated heterocycles. The molecule has 3 aromatic rings. The zero-order valence-corrected chi connectivity index (χ0v) is 13.1. The summed E-state index contributed by atoms with van der Waals surface area (Å²) in [5.74, 6) is -0.255. The van der Waals surface area contributed by atoms with Crippen LogP contribution in [0.3, 0.4) is 0 Å². The van der Waals surface area contributed by atoms with E-state index in [4.69, 9.17) is 11.6 Å². The predicted octanol–water partition coefficient (Wildman–Crippen LogP) is 4.90. The minimum atomic E-state index is -0.255. The molecule has 0 unspecified atom stereocenters. The van der Waals surface area contributed by atoms with Crippen LogP contribution in [0.1, 0.15) is 10.5 Å². The van der Waals surface area contributed by atoms with Gasteiger partial charge in [-0.3, -0.25) is 4.79 Å². The number of pyridine rings is 1. The quantitative estimate of drug-likeness (QED) is 0.705. The summed E-state index contributed by atoms with van der Waals surface area (Å²) in [6.45, 7) is 0. The van der Waals surface area contributed by atoms with Gasteiger partial charge in [0, 0.05) is 15.5 Å². The summed E-state index contributed by atoms with van der Waals surface area (Å²) in [5.41, 5.74) is 1.83. The molecule has 21 heavy (non-hydrogen) atoms. The van der Waals surface area contributed by atoms with Crippen LogP contribution in [0, 0.1) is 0 Å². The first-order valence-electron chi connectivity index (χ1n) is 6.26. The fraction of sp³-hybridized carbons (Fsp3) is 0. The summed E-state index contributed by atoms with van der Waals surface area (Å²) >= 11 is 9.25. The van der Waals surface area contributed by atoms with Gasteiger partial charge in [-0.05, 0) is 46.3 Å². The zero-order chi connectivity index (χ0) is 14.8. The first-order chi connectivity index (χ1) is 10.1. The number of anilines is 1. The van der Waals surface area contributed by atoms with Gasteiger partial charge in [0.25, 0.3) is 5.91 Å². The van der Waals surface area contributed by atoms with Crippen LogP contribution in [0.2, 0.25) is 5.02 Å². The number of hydrogen-bond acceptors (Lipinski definition) is 2. The van der Waals surface area contributed by atoms with E-state index in [0.29, 0.717) is 16.4 Å². The van der Waals surface area contributed by atoms with E-state index in [-0.39, 0.29) is 5.91 Å². The van der Waals surface area contributed by atoms with Gasteiger partial charge >= 0.3 is 0 Å². The summed E-state index contributed by atoms with van der Waals surface area (Å²) in [6.07, 6.45) is 0. The number of fused-ring (bicyclic) bond motifs is 1. The topological polar surface area (TPSA) is 42.0 Å². The van der Waals surface area contributed by atoms with E-state index in [1.54, 1.807) is 24.3 Å². The number of nitrogens with zero attached hydrogens (tertiary/aromatic N) is 1. The van der Waals surface area contributed by atoms with Gasteiger partial charge in [-0.2, -0.15) is 0 Å². The molecule has 5 heteroatoms. The van der Waals surface area contributed by atoms with E-state index in [0.717, 1.165) is 15.4 Å². The van der Waals surface area contributed by atoms with Gasteiger partial charge in [0.1, 0.15) is 5.69 Å². The van der Waals surface area contributed by atoms with Crippen LogP contribution in [0.25, 0.3) is 10.9 Å². The summed E-state index contributed by atoms with van der Waals surface area (Å²) in [7, 11) is 0. The van der Waals surface area contributed by atoms with Gasteiger partial charge in [0.2, 0.25) is 0 Å². The van der Waals surface area contributed by atoms with Crippen molar-refractivity contribution < 1.29 is 4.79 Å². The molecular weight excluding hydrogens is 352 g/mol. The molecule has 1 aromatic heterocycles. The molecule has 104 valence electrons. The Morgan fingerprint density at radius 1 is 1.10 bits per heavy atom. The summed E-state index contributed by atoms with van der Waals surface area (Å²) in [5, 5.41) is 4.40. The van der Waals surface area contributed by atoms with E-state index in [2.05, 4.69) is 26.2 Å². The van der Waals surface area contributed by atoms with Crippen LogP contribution < -0.4 is 5.32 Å². The van der Waals surface area contributed by atoms with Crippen LogP contribution in [0.5, 0.6) is 0 Å². The maximum absolute atomic E-state index is 12.2. The number of para-hydroxylation sites is 1. The van der Waals surface area contributed by atoms with Crippen LogP contribution in [-0.2, 0) is 0 Å². The number of halogens is 2. The van der Waals surface area contributed by atoms with Crippen molar-refractivity contribution in [3.05, 3.63) is 69.8 Å². The molecule has 0 radical (unpaired) electrons. The molecular formula is C16H10BrClN2O. The van der Waals surface area contributed by atoms with E-state index in [1.165, 1.54) is 0 Å². The summed E-state index contributed by atoms with van der Waals surface area (Å²) in [6, 6.07) is 16.5. The minimum Gasteiger partial charge on any atom is -0.321 e. The van der Waals surface area contributed by atoms with Gasteiger partial charge in [-0.1, -0.05) is 35.9 Å². The molecule has 1 N–H and O–H groups in total. The van der Waals surface area contributed by atoms with Gasteiger partial charge in [0.15, 0.2) is 0 Å². The third-order valence-corrected chi connectivity index (χ3v) is 4.22. The molecule has 1 heterocycles. The second-order valence-electron chi connectivity index (χ2n) is 4.47. The Kier molecular flexibility index (Phi) is 3.90. The van der Waals surface area contributed by atoms with Gasteiger partial charge in [0.05, 0.1) is 10.5 Å². The van der Waals surface area contributed by atoms with Crippen molar-refractivity contribution in [1.29, 1.82) is 0 Å². The highest BCUT2D eigenvalue weighted by atomic mass is 79.9. The fourth-order valence-corrected chi connectivity index (χ4v) is 2.46. The number of rotatable bonds is 2. The Morgan fingerprint density at radius 2 is 1.90 bits per heavy atom. The van der Waals surface area contributed by atoms with E-state index in [9.17, 15) is 4.79 Å². The Balaban J connectivity index is 1.87. The van der Waals surface area contributed by atoms with Crippen molar-refractivity contribution >= 4 is 50.0 Å². The molecule has 0 fully saturated rings. The molecule has 1 amide bonds. The Hall–Kier alpha value is -1.91. The average Bonchev–Trinajstić information content (AvgIpc) is 2.50. The summed E-state index contributed by atoms with van der Waals surface area (Å²) in [4.78, 5) is 16.6. The average molecular weight is 362 g/mol. The lowest BCUT2D eigenvalue weighted by atomic mass is 10.2. The largest absolute Gasteiger partial charge is 0.321 e. The molecule has 0 spiro atoms. The first kappa shape index (κ1) is 14.0. The molecule has 3 nitrogen and oxygen atoms in total. The molecule has 0 aliphatic rings. The van der Waals surface area contributed by atoms with E-state index in [1.807, 2.05) is 30.3 Å². The van der Waals surface area contributed by atoms with Crippen LogP contribution >= 0.6 is 27.5 Å². The zero-order valence-electron chi connectivity index (χ0n) is 10.8. The smallest absolute Gasteiger partial charge is 0.274 e. The van der Waals surface area contributed by atoms with Crippen LogP contribution in [-0.4, -0.2) is 10.9 Å². The Bertz CT molecular complexity index is 835. The SMILES string of the molecule is O=C(Nc1ccc(Cl)c(Br)c1)c1ccc2ccccc2n1. The van der Waals surface area contributed by atoms with Crippen LogP contribution in [0.15, 0.2) is 59.1 Å². The molecule has 0 aliphatic heterocycles. The van der Waals surface area contributed by atoms with Crippen molar-refractivity contribution in [2.45, 2.75) is 0 Å². The van der Waals surface area contributed by atoms with Crippen LogP contribution in [0.4, 0.5) is 5.69 Å². The monoisotopic (exact) mass is 360 g/mol. The second-order valence-corrected chi connectivity index (χ2v) is 5.73. The number of carbonyl (C=O) groups excluding carboxylic acids is 1. The number of hydrogen-bond donors (Lipinski definition) is 1. The van der Waals surface area contributed by atoms with Gasteiger partial charge in [-0.25, -0.2) is 4.98 Å². The van der Waals surface area contributed by atoms with E-state index < -0.39 is 0 Å². The second kappa shape index (κ2) is 5.84. The Labute approximate surface area is 135 Å².